The molecule has 0 atom stereocenters. The summed E-state index contributed by atoms with van der Waals surface area (Å²) in [5.41, 5.74) is -0.694. The predicted octanol–water partition coefficient (Wildman–Crippen LogP) is 2.01. The van der Waals surface area contributed by atoms with Crippen LogP contribution in [0.1, 0.15) is 27.7 Å². The summed E-state index contributed by atoms with van der Waals surface area (Å²) < 4.78 is 9.45. The highest BCUT2D eigenvalue weighted by Crippen LogP contribution is 2.10. The average molecular weight is 269 g/mol. The number of methoxy groups -OCH3 is 1. The minimum atomic E-state index is -0.775. The van der Waals surface area contributed by atoms with Crippen molar-refractivity contribution in [3.05, 3.63) is 24.4 Å². The van der Waals surface area contributed by atoms with E-state index >= 15 is 0 Å². The zero-order chi connectivity index (χ0) is 15.1. The molecular weight excluding hydrogens is 250 g/mol. The van der Waals surface area contributed by atoms with Gasteiger partial charge in [-0.05, 0) is 26.8 Å². The molecular formula is C13H19NO5. The zero-order valence-corrected chi connectivity index (χ0v) is 11.8. The number of carbonyl (C=O) groups excluding carboxylic acids is 3. The lowest BCUT2D eigenvalue weighted by atomic mass is 10.2. The third-order valence-electron chi connectivity index (χ3n) is 1.71. The Morgan fingerprint density at radius 2 is 1.68 bits per heavy atom. The number of imide groups is 1. The van der Waals surface area contributed by atoms with Gasteiger partial charge in [-0.1, -0.05) is 6.08 Å². The summed E-state index contributed by atoms with van der Waals surface area (Å²) in [6, 6.07) is 0. The van der Waals surface area contributed by atoms with E-state index in [1.54, 1.807) is 20.8 Å². The van der Waals surface area contributed by atoms with Crippen molar-refractivity contribution >= 4 is 18.0 Å². The van der Waals surface area contributed by atoms with Crippen LogP contribution in [0.4, 0.5) is 4.79 Å². The molecule has 0 unspecified atom stereocenters. The minimum absolute atomic E-state index is 0.489. The molecule has 0 aromatic carbocycles. The van der Waals surface area contributed by atoms with E-state index in [1.807, 2.05) is 0 Å². The Morgan fingerprint density at radius 3 is 2.11 bits per heavy atom. The molecule has 0 heterocycles. The first-order valence-electron chi connectivity index (χ1n) is 5.63. The number of hydrogen-bond donors (Lipinski definition) is 0. The van der Waals surface area contributed by atoms with Crippen LogP contribution in [-0.2, 0) is 19.1 Å². The van der Waals surface area contributed by atoms with Crippen molar-refractivity contribution < 1.29 is 23.9 Å². The number of rotatable bonds is 3. The molecule has 0 N–H and O–H groups in total. The number of amides is 2. The molecule has 0 aliphatic rings. The molecule has 0 saturated carbocycles. The summed E-state index contributed by atoms with van der Waals surface area (Å²) in [7, 11) is 1.25. The Hall–Kier alpha value is -2.11. The molecule has 0 aromatic heterocycles. The molecule has 6 heteroatoms. The highest BCUT2D eigenvalue weighted by molar-refractivity contribution is 5.92. The van der Waals surface area contributed by atoms with Gasteiger partial charge in [0, 0.05) is 19.2 Å². The van der Waals surface area contributed by atoms with Crippen LogP contribution in [0.2, 0.25) is 0 Å². The molecule has 2 amide bonds. The van der Waals surface area contributed by atoms with Crippen LogP contribution in [0.25, 0.3) is 0 Å². The summed E-state index contributed by atoms with van der Waals surface area (Å²) in [5.74, 6) is -1.02. The number of ether oxygens (including phenoxy) is 2. The lowest BCUT2D eigenvalue weighted by Crippen LogP contribution is -2.36. The number of hydrogen-bond acceptors (Lipinski definition) is 5. The van der Waals surface area contributed by atoms with Crippen LogP contribution < -0.4 is 0 Å². The van der Waals surface area contributed by atoms with Gasteiger partial charge >= 0.3 is 12.1 Å². The molecule has 0 aromatic rings. The topological polar surface area (TPSA) is 72.9 Å². The van der Waals surface area contributed by atoms with Crippen LogP contribution >= 0.6 is 0 Å². The molecule has 0 aliphatic heterocycles. The van der Waals surface area contributed by atoms with Crippen LogP contribution in [0, 0.1) is 0 Å². The first-order valence-corrected chi connectivity index (χ1v) is 5.63. The lowest BCUT2D eigenvalue weighted by Gasteiger charge is -2.23. The second-order valence-electron chi connectivity index (χ2n) is 4.59. The average Bonchev–Trinajstić information content (AvgIpc) is 2.25. The standard InChI is InChI=1S/C13H19NO5/c1-10(15)14(12(17)19-13(2,3)4)9-7-6-8-11(16)18-5/h6-9H,1-5H3/b8-6+,9-7+. The first kappa shape index (κ1) is 16.9. The molecule has 0 saturated heterocycles. The first-order chi connectivity index (χ1) is 8.67. The van der Waals surface area contributed by atoms with Gasteiger partial charge in [-0.25, -0.2) is 14.5 Å². The van der Waals surface area contributed by atoms with E-state index in [1.165, 1.54) is 32.4 Å². The van der Waals surface area contributed by atoms with E-state index in [2.05, 4.69) is 4.74 Å². The molecule has 0 aliphatic carbocycles. The number of carbonyl (C=O) groups is 3. The van der Waals surface area contributed by atoms with Crippen molar-refractivity contribution in [3.63, 3.8) is 0 Å². The van der Waals surface area contributed by atoms with Gasteiger partial charge in [0.2, 0.25) is 5.91 Å². The van der Waals surface area contributed by atoms with Crippen molar-refractivity contribution in [1.29, 1.82) is 0 Å². The summed E-state index contributed by atoms with van der Waals surface area (Å²) in [5, 5.41) is 0. The Morgan fingerprint density at radius 1 is 1.11 bits per heavy atom. The van der Waals surface area contributed by atoms with Crippen molar-refractivity contribution in [2.75, 3.05) is 7.11 Å². The molecule has 0 rings (SSSR count). The van der Waals surface area contributed by atoms with Crippen molar-refractivity contribution in [2.24, 2.45) is 0 Å². The molecule has 0 fully saturated rings. The highest BCUT2D eigenvalue weighted by Gasteiger charge is 2.22. The third kappa shape index (κ3) is 7.75. The summed E-state index contributed by atoms with van der Waals surface area (Å²) in [6.07, 6.45) is 4.32. The van der Waals surface area contributed by atoms with Crippen LogP contribution in [0.15, 0.2) is 24.4 Å². The van der Waals surface area contributed by atoms with Crippen LogP contribution in [0.3, 0.4) is 0 Å². The smallest absolute Gasteiger partial charge is 0.421 e. The van der Waals surface area contributed by atoms with E-state index in [0.717, 1.165) is 11.0 Å². The maximum Gasteiger partial charge on any atom is 0.421 e. The van der Waals surface area contributed by atoms with Crippen molar-refractivity contribution in [3.8, 4) is 0 Å². The predicted molar refractivity (Wildman–Crippen MR) is 69.1 cm³/mol. The summed E-state index contributed by atoms with van der Waals surface area (Å²) in [6.45, 7) is 6.33. The second kappa shape index (κ2) is 7.35. The Balaban J connectivity index is 4.72. The fourth-order valence-corrected chi connectivity index (χ4v) is 0.943. The van der Waals surface area contributed by atoms with Gasteiger partial charge in [0.25, 0.3) is 0 Å². The fraction of sp³-hybridized carbons (Fsp3) is 0.462. The minimum Gasteiger partial charge on any atom is -0.466 e. The summed E-state index contributed by atoms with van der Waals surface area (Å²) >= 11 is 0. The van der Waals surface area contributed by atoms with Crippen LogP contribution in [-0.4, -0.2) is 35.6 Å². The number of nitrogens with zero attached hydrogens (tertiary/aromatic N) is 1. The molecule has 0 bridgehead atoms. The largest absolute Gasteiger partial charge is 0.466 e. The van der Waals surface area contributed by atoms with Gasteiger partial charge in [-0.2, -0.15) is 0 Å². The number of esters is 1. The van der Waals surface area contributed by atoms with E-state index in [4.69, 9.17) is 4.74 Å². The van der Waals surface area contributed by atoms with Crippen LogP contribution in [0.5, 0.6) is 0 Å². The van der Waals surface area contributed by atoms with Gasteiger partial charge in [0.05, 0.1) is 7.11 Å². The molecule has 0 spiro atoms. The van der Waals surface area contributed by atoms with Crippen molar-refractivity contribution in [2.45, 2.75) is 33.3 Å². The quantitative estimate of drug-likeness (QED) is 0.445. The molecule has 19 heavy (non-hydrogen) atoms. The Labute approximate surface area is 112 Å². The van der Waals surface area contributed by atoms with Gasteiger partial charge in [0.1, 0.15) is 5.60 Å². The van der Waals surface area contributed by atoms with Gasteiger partial charge in [0.15, 0.2) is 0 Å². The van der Waals surface area contributed by atoms with E-state index in [9.17, 15) is 14.4 Å². The lowest BCUT2D eigenvalue weighted by molar-refractivity contribution is -0.134. The SMILES string of the molecule is COC(=O)/C=C/C=C/N(C(C)=O)C(=O)OC(C)(C)C. The van der Waals surface area contributed by atoms with E-state index in [0.29, 0.717) is 0 Å². The molecule has 0 radical (unpaired) electrons. The zero-order valence-electron chi connectivity index (χ0n) is 11.8. The molecule has 106 valence electrons. The monoisotopic (exact) mass is 269 g/mol. The van der Waals surface area contributed by atoms with E-state index < -0.39 is 23.6 Å². The second-order valence-corrected chi connectivity index (χ2v) is 4.59. The van der Waals surface area contributed by atoms with Crippen molar-refractivity contribution in [1.82, 2.24) is 4.90 Å². The Bertz CT molecular complexity index is 404. The third-order valence-corrected chi connectivity index (χ3v) is 1.71. The fourth-order valence-electron chi connectivity index (χ4n) is 0.943. The normalized spacial score (nSPS) is 11.6. The van der Waals surface area contributed by atoms with Gasteiger partial charge in [-0.15, -0.1) is 0 Å². The number of allylic oxidation sites excluding steroid dienone is 2. The highest BCUT2D eigenvalue weighted by atomic mass is 16.6. The maximum absolute atomic E-state index is 11.7. The van der Waals surface area contributed by atoms with Gasteiger partial charge < -0.3 is 9.47 Å². The Kier molecular flexibility index (Phi) is 6.54. The molecule has 6 nitrogen and oxygen atoms in total. The summed E-state index contributed by atoms with van der Waals surface area (Å²) in [4.78, 5) is 34.6. The van der Waals surface area contributed by atoms with E-state index in [-0.39, 0.29) is 0 Å². The maximum atomic E-state index is 11.7. The van der Waals surface area contributed by atoms with Gasteiger partial charge in [-0.3, -0.25) is 4.79 Å².